The first kappa shape index (κ1) is 16.0. The number of imidazole rings is 1. The van der Waals surface area contributed by atoms with Gasteiger partial charge in [-0.1, -0.05) is 11.6 Å². The van der Waals surface area contributed by atoms with Crippen molar-refractivity contribution in [3.05, 3.63) is 29.3 Å². The van der Waals surface area contributed by atoms with E-state index in [9.17, 15) is 0 Å². The molecule has 1 aromatic carbocycles. The number of hydrogen-bond acceptors (Lipinski definition) is 6. The van der Waals surface area contributed by atoms with E-state index in [1.54, 1.807) is 32.7 Å². The van der Waals surface area contributed by atoms with Gasteiger partial charge in [-0.05, 0) is 18.9 Å². The van der Waals surface area contributed by atoms with Crippen molar-refractivity contribution in [2.45, 2.75) is 25.8 Å². The topological polar surface area (TPSA) is 74.1 Å². The smallest absolute Gasteiger partial charge is 0.165 e. The molecule has 0 spiro atoms. The van der Waals surface area contributed by atoms with Gasteiger partial charge < -0.3 is 19.4 Å². The Morgan fingerprint density at radius 3 is 2.76 bits per heavy atom. The number of hydrogen-bond donors (Lipinski definition) is 1. The van der Waals surface area contributed by atoms with Gasteiger partial charge in [0.05, 0.1) is 24.9 Å². The van der Waals surface area contributed by atoms with Crippen LogP contribution in [0.3, 0.4) is 0 Å². The Balaban J connectivity index is 1.79. The maximum absolute atomic E-state index is 6.25. The number of aryl methyl sites for hydroxylation is 2. The predicted molar refractivity (Wildman–Crippen MR) is 96.1 cm³/mol. The summed E-state index contributed by atoms with van der Waals surface area (Å²) in [5, 5.41) is 3.76. The van der Waals surface area contributed by atoms with Crippen LogP contribution in [0.2, 0.25) is 5.02 Å². The van der Waals surface area contributed by atoms with E-state index in [1.807, 2.05) is 0 Å². The van der Waals surface area contributed by atoms with Crippen molar-refractivity contribution in [3.8, 4) is 11.5 Å². The fourth-order valence-electron chi connectivity index (χ4n) is 3.14. The van der Waals surface area contributed by atoms with Gasteiger partial charge in [0.25, 0.3) is 0 Å². The fourth-order valence-corrected chi connectivity index (χ4v) is 3.38. The number of nitrogens with zero attached hydrogens (tertiary/aromatic N) is 4. The SMILES string of the molecule is COc1cc(OC)c(Nc2ncnc3c2nc2n3CCCC2)cc1Cl. The molecule has 130 valence electrons. The highest BCUT2D eigenvalue weighted by atomic mass is 35.5. The molecule has 0 unspecified atom stereocenters. The van der Waals surface area contributed by atoms with Crippen LogP contribution in [0, 0.1) is 0 Å². The van der Waals surface area contributed by atoms with E-state index >= 15 is 0 Å². The third-order valence-corrected chi connectivity index (χ3v) is 4.67. The summed E-state index contributed by atoms with van der Waals surface area (Å²) in [5.74, 6) is 2.85. The number of aromatic nitrogens is 4. The molecule has 0 fully saturated rings. The molecule has 0 bridgehead atoms. The Morgan fingerprint density at radius 2 is 1.96 bits per heavy atom. The van der Waals surface area contributed by atoms with E-state index < -0.39 is 0 Å². The van der Waals surface area contributed by atoms with Crippen LogP contribution >= 0.6 is 11.6 Å². The van der Waals surface area contributed by atoms with Gasteiger partial charge in [-0.15, -0.1) is 0 Å². The van der Waals surface area contributed by atoms with Gasteiger partial charge in [-0.3, -0.25) is 0 Å². The number of ether oxygens (including phenoxy) is 2. The summed E-state index contributed by atoms with van der Waals surface area (Å²) in [4.78, 5) is 13.5. The number of anilines is 2. The standard InChI is InChI=1S/C17H18ClN5O2/c1-24-12-8-13(25-2)11(7-10(12)18)21-16-15-17(20-9-19-16)23-6-4-3-5-14(23)22-15/h7-9H,3-6H2,1-2H3,(H,19,20,21). The summed E-state index contributed by atoms with van der Waals surface area (Å²) in [7, 11) is 3.16. The van der Waals surface area contributed by atoms with Crippen LogP contribution in [-0.2, 0) is 13.0 Å². The predicted octanol–water partition coefficient (Wildman–Crippen LogP) is 3.58. The third kappa shape index (κ3) is 2.74. The van der Waals surface area contributed by atoms with Gasteiger partial charge in [-0.25, -0.2) is 15.0 Å². The summed E-state index contributed by atoms with van der Waals surface area (Å²) in [5.41, 5.74) is 2.30. The first-order valence-electron chi connectivity index (χ1n) is 8.10. The molecule has 3 heterocycles. The molecule has 0 saturated heterocycles. The zero-order chi connectivity index (χ0) is 17.4. The zero-order valence-electron chi connectivity index (χ0n) is 14.0. The molecule has 25 heavy (non-hydrogen) atoms. The van der Waals surface area contributed by atoms with Crippen molar-refractivity contribution < 1.29 is 9.47 Å². The van der Waals surface area contributed by atoms with Crippen molar-refractivity contribution in [3.63, 3.8) is 0 Å². The van der Waals surface area contributed by atoms with Crippen LogP contribution in [0.5, 0.6) is 11.5 Å². The molecule has 8 heteroatoms. The maximum Gasteiger partial charge on any atom is 0.165 e. The van der Waals surface area contributed by atoms with Crippen LogP contribution in [0.1, 0.15) is 18.7 Å². The Labute approximate surface area is 150 Å². The number of methoxy groups -OCH3 is 2. The number of benzene rings is 1. The Bertz CT molecular complexity index is 940. The molecule has 1 aliphatic rings. The lowest BCUT2D eigenvalue weighted by Crippen LogP contribution is -2.10. The van der Waals surface area contributed by atoms with Crippen molar-refractivity contribution in [1.29, 1.82) is 0 Å². The fraction of sp³-hybridized carbons (Fsp3) is 0.353. The van der Waals surface area contributed by atoms with Crippen LogP contribution in [0.25, 0.3) is 11.2 Å². The lowest BCUT2D eigenvalue weighted by molar-refractivity contribution is 0.396. The molecule has 0 aliphatic carbocycles. The molecular weight excluding hydrogens is 342 g/mol. The first-order chi connectivity index (χ1) is 12.2. The Hall–Kier alpha value is -2.54. The van der Waals surface area contributed by atoms with Crippen LogP contribution in [-0.4, -0.2) is 33.7 Å². The van der Waals surface area contributed by atoms with Crippen molar-refractivity contribution in [1.82, 2.24) is 19.5 Å². The summed E-state index contributed by atoms with van der Waals surface area (Å²) in [6.07, 6.45) is 4.81. The van der Waals surface area contributed by atoms with Gasteiger partial charge >= 0.3 is 0 Å². The zero-order valence-corrected chi connectivity index (χ0v) is 14.8. The van der Waals surface area contributed by atoms with Crippen molar-refractivity contribution in [2.75, 3.05) is 19.5 Å². The first-order valence-corrected chi connectivity index (χ1v) is 8.47. The number of halogens is 1. The number of fused-ring (bicyclic) bond motifs is 3. The molecule has 0 saturated carbocycles. The molecule has 0 atom stereocenters. The minimum absolute atomic E-state index is 0.486. The van der Waals surface area contributed by atoms with E-state index in [0.717, 1.165) is 42.8 Å². The molecule has 2 aromatic heterocycles. The quantitative estimate of drug-likeness (QED) is 0.767. The molecular formula is C17H18ClN5O2. The van der Waals surface area contributed by atoms with Crippen molar-refractivity contribution in [2.24, 2.45) is 0 Å². The minimum Gasteiger partial charge on any atom is -0.495 e. The highest BCUT2D eigenvalue weighted by Gasteiger charge is 2.19. The van der Waals surface area contributed by atoms with E-state index in [1.165, 1.54) is 0 Å². The monoisotopic (exact) mass is 359 g/mol. The molecule has 3 aromatic rings. The second-order valence-electron chi connectivity index (χ2n) is 5.84. The summed E-state index contributed by atoms with van der Waals surface area (Å²) >= 11 is 6.25. The second kappa shape index (κ2) is 6.40. The van der Waals surface area contributed by atoms with E-state index in [2.05, 4.69) is 19.9 Å². The number of nitrogens with one attached hydrogen (secondary N) is 1. The van der Waals surface area contributed by atoms with Gasteiger partial charge in [0.2, 0.25) is 0 Å². The van der Waals surface area contributed by atoms with Gasteiger partial charge in [0.1, 0.15) is 23.7 Å². The molecule has 0 amide bonds. The molecule has 4 rings (SSSR count). The van der Waals surface area contributed by atoms with Crippen LogP contribution in [0.15, 0.2) is 18.5 Å². The van der Waals surface area contributed by atoms with Crippen LogP contribution < -0.4 is 14.8 Å². The van der Waals surface area contributed by atoms with Gasteiger partial charge in [-0.2, -0.15) is 0 Å². The Morgan fingerprint density at radius 1 is 1.12 bits per heavy atom. The highest BCUT2D eigenvalue weighted by molar-refractivity contribution is 6.32. The largest absolute Gasteiger partial charge is 0.495 e. The minimum atomic E-state index is 0.486. The molecule has 0 radical (unpaired) electrons. The van der Waals surface area contributed by atoms with E-state index in [0.29, 0.717) is 28.0 Å². The van der Waals surface area contributed by atoms with E-state index in [4.69, 9.17) is 26.1 Å². The highest BCUT2D eigenvalue weighted by Crippen LogP contribution is 2.38. The lowest BCUT2D eigenvalue weighted by Gasteiger charge is -2.14. The van der Waals surface area contributed by atoms with Gasteiger partial charge in [0.15, 0.2) is 17.0 Å². The van der Waals surface area contributed by atoms with Crippen molar-refractivity contribution >= 4 is 34.3 Å². The normalized spacial score (nSPS) is 13.6. The average molecular weight is 360 g/mol. The lowest BCUT2D eigenvalue weighted by atomic mass is 10.2. The average Bonchev–Trinajstić information content (AvgIpc) is 3.02. The molecule has 7 nitrogen and oxygen atoms in total. The summed E-state index contributed by atoms with van der Waals surface area (Å²) < 4.78 is 12.8. The number of rotatable bonds is 4. The maximum atomic E-state index is 6.25. The van der Waals surface area contributed by atoms with Crippen LogP contribution in [0.4, 0.5) is 11.5 Å². The third-order valence-electron chi connectivity index (χ3n) is 4.37. The summed E-state index contributed by atoms with van der Waals surface area (Å²) in [6, 6.07) is 3.49. The van der Waals surface area contributed by atoms with E-state index in [-0.39, 0.29) is 0 Å². The molecule has 1 N–H and O–H groups in total. The van der Waals surface area contributed by atoms with Gasteiger partial charge in [0, 0.05) is 19.0 Å². The second-order valence-corrected chi connectivity index (χ2v) is 6.25. The summed E-state index contributed by atoms with van der Waals surface area (Å²) in [6.45, 7) is 0.944. The Kier molecular flexibility index (Phi) is 4.09. The molecule has 1 aliphatic heterocycles.